The molecule has 1 atom stereocenters. The van der Waals surface area contributed by atoms with E-state index in [4.69, 9.17) is 9.47 Å². The fourth-order valence-corrected chi connectivity index (χ4v) is 3.29. The molecular formula is C16H30N2O3. The van der Waals surface area contributed by atoms with Gasteiger partial charge in [0.1, 0.15) is 0 Å². The first kappa shape index (κ1) is 16.7. The zero-order chi connectivity index (χ0) is 15.1. The minimum Gasteiger partial charge on any atom is -0.383 e. The molecule has 0 aromatic carbocycles. The van der Waals surface area contributed by atoms with Gasteiger partial charge in [-0.25, -0.2) is 0 Å². The first-order valence-corrected chi connectivity index (χ1v) is 8.34. The predicted octanol–water partition coefficient (Wildman–Crippen LogP) is 1.42. The van der Waals surface area contributed by atoms with Gasteiger partial charge in [-0.15, -0.1) is 0 Å². The van der Waals surface area contributed by atoms with Crippen LogP contribution in [0, 0.1) is 5.92 Å². The van der Waals surface area contributed by atoms with Crippen LogP contribution < -0.4 is 5.32 Å². The lowest BCUT2D eigenvalue weighted by atomic mass is 9.79. The second-order valence-electron chi connectivity index (χ2n) is 6.24. The molecule has 0 radical (unpaired) electrons. The number of hydrogen-bond acceptors (Lipinski definition) is 4. The summed E-state index contributed by atoms with van der Waals surface area (Å²) in [4.78, 5) is 14.5. The van der Waals surface area contributed by atoms with Gasteiger partial charge in [0.2, 0.25) is 5.91 Å². The van der Waals surface area contributed by atoms with Gasteiger partial charge in [0.05, 0.1) is 12.7 Å². The first-order valence-electron chi connectivity index (χ1n) is 8.34. The Balaban J connectivity index is 1.74. The molecule has 1 unspecified atom stereocenters. The van der Waals surface area contributed by atoms with Crippen LogP contribution in [0.3, 0.4) is 0 Å². The summed E-state index contributed by atoms with van der Waals surface area (Å²) in [5, 5.41) is 3.47. The molecule has 1 N–H and O–H groups in total. The minimum atomic E-state index is 0.278. The smallest absolute Gasteiger partial charge is 0.222 e. The maximum atomic E-state index is 12.5. The Morgan fingerprint density at radius 1 is 1.38 bits per heavy atom. The third kappa shape index (κ3) is 5.24. The Morgan fingerprint density at radius 2 is 2.19 bits per heavy atom. The van der Waals surface area contributed by atoms with Crippen molar-refractivity contribution in [1.82, 2.24) is 10.2 Å². The van der Waals surface area contributed by atoms with Crippen LogP contribution in [-0.2, 0) is 14.3 Å². The third-order valence-corrected chi connectivity index (χ3v) is 4.58. The molecule has 2 rings (SSSR count). The van der Waals surface area contributed by atoms with Crippen molar-refractivity contribution in [2.45, 2.75) is 51.2 Å². The molecule has 2 aliphatic rings. The second-order valence-corrected chi connectivity index (χ2v) is 6.24. The van der Waals surface area contributed by atoms with Crippen molar-refractivity contribution in [2.24, 2.45) is 5.92 Å². The number of carbonyl (C=O) groups excluding carboxylic acids is 1. The highest BCUT2D eigenvalue weighted by atomic mass is 16.5. The molecule has 1 amide bonds. The van der Waals surface area contributed by atoms with Gasteiger partial charge in [-0.05, 0) is 45.1 Å². The molecule has 2 fully saturated rings. The molecule has 5 nitrogen and oxygen atoms in total. The highest BCUT2D eigenvalue weighted by molar-refractivity contribution is 5.76. The summed E-state index contributed by atoms with van der Waals surface area (Å²) in [7, 11) is 1.69. The fraction of sp³-hybridized carbons (Fsp3) is 0.938. The van der Waals surface area contributed by atoms with E-state index in [1.807, 2.05) is 11.8 Å². The molecule has 0 bridgehead atoms. The Kier molecular flexibility index (Phi) is 6.93. The van der Waals surface area contributed by atoms with Crippen molar-refractivity contribution in [3.05, 3.63) is 0 Å². The van der Waals surface area contributed by atoms with Crippen LogP contribution in [0.5, 0.6) is 0 Å². The molecule has 1 saturated heterocycles. The maximum Gasteiger partial charge on any atom is 0.222 e. The van der Waals surface area contributed by atoms with E-state index in [-0.39, 0.29) is 5.91 Å². The predicted molar refractivity (Wildman–Crippen MR) is 82.2 cm³/mol. The molecule has 0 aromatic rings. The number of carbonyl (C=O) groups is 1. The van der Waals surface area contributed by atoms with Gasteiger partial charge in [0, 0.05) is 39.3 Å². The lowest BCUT2D eigenvalue weighted by Gasteiger charge is -2.36. The lowest BCUT2D eigenvalue weighted by molar-refractivity contribution is -0.135. The zero-order valence-electron chi connectivity index (χ0n) is 13.5. The van der Waals surface area contributed by atoms with Gasteiger partial charge in [-0.1, -0.05) is 0 Å². The van der Waals surface area contributed by atoms with Gasteiger partial charge in [-0.2, -0.15) is 0 Å². The van der Waals surface area contributed by atoms with Gasteiger partial charge < -0.3 is 19.7 Å². The molecule has 1 aliphatic heterocycles. The maximum absolute atomic E-state index is 12.5. The molecule has 122 valence electrons. The van der Waals surface area contributed by atoms with Crippen LogP contribution in [0.1, 0.15) is 39.0 Å². The van der Waals surface area contributed by atoms with E-state index in [1.165, 1.54) is 12.8 Å². The van der Waals surface area contributed by atoms with Gasteiger partial charge >= 0.3 is 0 Å². The summed E-state index contributed by atoms with van der Waals surface area (Å²) < 4.78 is 10.7. The number of nitrogens with zero attached hydrogens (tertiary/aromatic N) is 1. The van der Waals surface area contributed by atoms with Crippen molar-refractivity contribution in [3.8, 4) is 0 Å². The average Bonchev–Trinajstić information content (AvgIpc) is 2.94. The SMILES string of the molecule is CCOC1CC(CC(=O)N(CCOC)CC2CCCN2)C1. The van der Waals surface area contributed by atoms with Crippen molar-refractivity contribution in [2.75, 3.05) is 40.0 Å². The highest BCUT2D eigenvalue weighted by Crippen LogP contribution is 2.33. The van der Waals surface area contributed by atoms with Crippen LogP contribution in [0.15, 0.2) is 0 Å². The van der Waals surface area contributed by atoms with E-state index >= 15 is 0 Å². The van der Waals surface area contributed by atoms with Crippen LogP contribution in [0.2, 0.25) is 0 Å². The number of amides is 1. The second kappa shape index (κ2) is 8.71. The van der Waals surface area contributed by atoms with Crippen LogP contribution >= 0.6 is 0 Å². The molecule has 0 aromatic heterocycles. The molecule has 1 saturated carbocycles. The minimum absolute atomic E-state index is 0.278. The summed E-state index contributed by atoms with van der Waals surface area (Å²) >= 11 is 0. The van der Waals surface area contributed by atoms with Crippen molar-refractivity contribution in [1.29, 1.82) is 0 Å². The summed E-state index contributed by atoms with van der Waals surface area (Å²) in [5.74, 6) is 0.788. The van der Waals surface area contributed by atoms with Crippen molar-refractivity contribution >= 4 is 5.91 Å². The van der Waals surface area contributed by atoms with E-state index in [2.05, 4.69) is 5.32 Å². The molecule has 1 aliphatic carbocycles. The summed E-state index contributed by atoms with van der Waals surface area (Å²) in [6.07, 6.45) is 5.53. The van der Waals surface area contributed by atoms with E-state index < -0.39 is 0 Å². The number of hydrogen-bond donors (Lipinski definition) is 1. The largest absolute Gasteiger partial charge is 0.383 e. The highest BCUT2D eigenvalue weighted by Gasteiger charge is 2.32. The molecule has 21 heavy (non-hydrogen) atoms. The summed E-state index contributed by atoms with van der Waals surface area (Å²) in [5.41, 5.74) is 0. The average molecular weight is 298 g/mol. The van der Waals surface area contributed by atoms with Gasteiger partial charge in [-0.3, -0.25) is 4.79 Å². The quantitative estimate of drug-likeness (QED) is 0.699. The number of nitrogens with one attached hydrogen (secondary N) is 1. The standard InChI is InChI=1S/C16H30N2O3/c1-3-21-15-9-13(10-15)11-16(19)18(7-8-20-2)12-14-5-4-6-17-14/h13-15,17H,3-12H2,1-2H3. The van der Waals surface area contributed by atoms with Crippen LogP contribution in [0.25, 0.3) is 0 Å². The van der Waals surface area contributed by atoms with Crippen LogP contribution in [0.4, 0.5) is 0 Å². The summed E-state index contributed by atoms with van der Waals surface area (Å²) in [6.45, 7) is 6.03. The van der Waals surface area contributed by atoms with Crippen molar-refractivity contribution in [3.63, 3.8) is 0 Å². The third-order valence-electron chi connectivity index (χ3n) is 4.58. The van der Waals surface area contributed by atoms with E-state index in [0.29, 0.717) is 37.6 Å². The monoisotopic (exact) mass is 298 g/mol. The van der Waals surface area contributed by atoms with Crippen LogP contribution in [-0.4, -0.2) is 62.9 Å². The number of methoxy groups -OCH3 is 1. The lowest BCUT2D eigenvalue weighted by Crippen LogP contribution is -2.44. The zero-order valence-corrected chi connectivity index (χ0v) is 13.5. The normalized spacial score (nSPS) is 28.4. The Bertz CT molecular complexity index is 313. The summed E-state index contributed by atoms with van der Waals surface area (Å²) in [6, 6.07) is 0.461. The first-order chi connectivity index (χ1) is 10.2. The van der Waals surface area contributed by atoms with Gasteiger partial charge in [0.25, 0.3) is 0 Å². The van der Waals surface area contributed by atoms with E-state index in [0.717, 1.165) is 32.5 Å². The van der Waals surface area contributed by atoms with Gasteiger partial charge in [0.15, 0.2) is 0 Å². The van der Waals surface area contributed by atoms with Crippen molar-refractivity contribution < 1.29 is 14.3 Å². The Hall–Kier alpha value is -0.650. The number of ether oxygens (including phenoxy) is 2. The molecule has 0 spiro atoms. The number of rotatable bonds is 9. The molecule has 5 heteroatoms. The van der Waals surface area contributed by atoms with E-state index in [1.54, 1.807) is 7.11 Å². The molecule has 1 heterocycles. The Morgan fingerprint density at radius 3 is 2.81 bits per heavy atom. The fourth-order valence-electron chi connectivity index (χ4n) is 3.29. The Labute approximate surface area is 128 Å². The van der Waals surface area contributed by atoms with E-state index in [9.17, 15) is 4.79 Å². The topological polar surface area (TPSA) is 50.8 Å². The molecular weight excluding hydrogens is 268 g/mol.